The smallest absolute Gasteiger partial charge is 0.123 e. The number of nitrogens with one attached hydrogen (secondary N) is 1. The molecule has 0 spiro atoms. The molecule has 0 saturated heterocycles. The van der Waals surface area contributed by atoms with Crippen LogP contribution in [0.4, 0.5) is 4.39 Å². The van der Waals surface area contributed by atoms with Gasteiger partial charge in [-0.1, -0.05) is 54.6 Å². The van der Waals surface area contributed by atoms with Crippen molar-refractivity contribution in [2.45, 2.75) is 26.2 Å². The Kier molecular flexibility index (Phi) is 6.52. The van der Waals surface area contributed by atoms with Crippen LogP contribution in [0, 0.1) is 5.82 Å². The van der Waals surface area contributed by atoms with Crippen molar-refractivity contribution in [1.29, 1.82) is 0 Å². The summed E-state index contributed by atoms with van der Waals surface area (Å²) in [4.78, 5) is 9.77. The molecule has 3 aromatic carbocycles. The number of aromatic amines is 1. The van der Waals surface area contributed by atoms with E-state index in [1.54, 1.807) is 6.20 Å². The van der Waals surface area contributed by atoms with Gasteiger partial charge in [-0.3, -0.25) is 4.90 Å². The van der Waals surface area contributed by atoms with Crippen LogP contribution in [-0.4, -0.2) is 14.9 Å². The number of halogens is 1. The first-order valence-electron chi connectivity index (χ1n) is 9.95. The number of benzene rings is 3. The van der Waals surface area contributed by atoms with Gasteiger partial charge in [0, 0.05) is 25.5 Å². The highest BCUT2D eigenvalue weighted by molar-refractivity contribution is 5.28. The topological polar surface area (TPSA) is 41.1 Å². The van der Waals surface area contributed by atoms with Gasteiger partial charge in [-0.2, -0.15) is 0 Å². The molecule has 0 unspecified atom stereocenters. The van der Waals surface area contributed by atoms with Gasteiger partial charge in [0.25, 0.3) is 0 Å². The summed E-state index contributed by atoms with van der Waals surface area (Å²) >= 11 is 0. The number of imidazole rings is 1. The van der Waals surface area contributed by atoms with Gasteiger partial charge >= 0.3 is 0 Å². The standard InChI is InChI=1S/C25H24FN3O/c26-23-10-6-20(7-11-23)16-29(18-25-27-14-15-28-25)17-21-8-12-24(13-9-21)30-19-22-4-2-1-3-5-22/h1-15H,16-19H2,(H,27,28). The summed E-state index contributed by atoms with van der Waals surface area (Å²) in [5.41, 5.74) is 3.38. The van der Waals surface area contributed by atoms with E-state index in [9.17, 15) is 4.39 Å². The lowest BCUT2D eigenvalue weighted by atomic mass is 10.1. The van der Waals surface area contributed by atoms with Crippen molar-refractivity contribution in [3.05, 3.63) is 120 Å². The van der Waals surface area contributed by atoms with Gasteiger partial charge in [0.2, 0.25) is 0 Å². The fourth-order valence-corrected chi connectivity index (χ4v) is 3.30. The molecule has 0 amide bonds. The number of rotatable bonds is 9. The third-order valence-electron chi connectivity index (χ3n) is 4.83. The van der Waals surface area contributed by atoms with E-state index < -0.39 is 0 Å². The summed E-state index contributed by atoms with van der Waals surface area (Å²) < 4.78 is 19.1. The van der Waals surface area contributed by atoms with Crippen molar-refractivity contribution >= 4 is 0 Å². The summed E-state index contributed by atoms with van der Waals surface area (Å²) in [5.74, 6) is 1.53. The Morgan fingerprint density at radius 3 is 2.07 bits per heavy atom. The van der Waals surface area contributed by atoms with Crippen LogP contribution in [0.15, 0.2) is 91.3 Å². The highest BCUT2D eigenvalue weighted by Gasteiger charge is 2.10. The molecule has 0 atom stereocenters. The van der Waals surface area contributed by atoms with E-state index in [1.165, 1.54) is 17.7 Å². The lowest BCUT2D eigenvalue weighted by molar-refractivity contribution is 0.241. The van der Waals surface area contributed by atoms with E-state index >= 15 is 0 Å². The minimum Gasteiger partial charge on any atom is -0.489 e. The molecular weight excluding hydrogens is 377 g/mol. The van der Waals surface area contributed by atoms with Gasteiger partial charge in [0.1, 0.15) is 24.0 Å². The van der Waals surface area contributed by atoms with Gasteiger partial charge in [-0.25, -0.2) is 9.37 Å². The van der Waals surface area contributed by atoms with E-state index in [0.717, 1.165) is 29.2 Å². The zero-order valence-corrected chi connectivity index (χ0v) is 16.7. The lowest BCUT2D eigenvalue weighted by Gasteiger charge is -2.22. The van der Waals surface area contributed by atoms with Gasteiger partial charge < -0.3 is 9.72 Å². The molecule has 5 heteroatoms. The lowest BCUT2D eigenvalue weighted by Crippen LogP contribution is -2.23. The monoisotopic (exact) mass is 401 g/mol. The zero-order valence-electron chi connectivity index (χ0n) is 16.7. The van der Waals surface area contributed by atoms with Crippen molar-refractivity contribution < 1.29 is 9.13 Å². The molecule has 0 aliphatic heterocycles. The predicted octanol–water partition coefficient (Wildman–Crippen LogP) is 5.33. The van der Waals surface area contributed by atoms with Crippen LogP contribution >= 0.6 is 0 Å². The summed E-state index contributed by atoms with van der Waals surface area (Å²) in [6.45, 7) is 2.68. The van der Waals surface area contributed by atoms with E-state index in [4.69, 9.17) is 4.74 Å². The molecular formula is C25H24FN3O. The van der Waals surface area contributed by atoms with Crippen LogP contribution in [0.2, 0.25) is 0 Å². The van der Waals surface area contributed by atoms with Crippen molar-refractivity contribution in [3.63, 3.8) is 0 Å². The highest BCUT2D eigenvalue weighted by atomic mass is 19.1. The quantitative estimate of drug-likeness (QED) is 0.412. The molecule has 30 heavy (non-hydrogen) atoms. The number of nitrogens with zero attached hydrogens (tertiary/aromatic N) is 2. The van der Waals surface area contributed by atoms with Crippen LogP contribution in [0.3, 0.4) is 0 Å². The molecule has 152 valence electrons. The van der Waals surface area contributed by atoms with E-state index in [2.05, 4.69) is 39.1 Å². The minimum absolute atomic E-state index is 0.220. The average molecular weight is 401 g/mol. The highest BCUT2D eigenvalue weighted by Crippen LogP contribution is 2.18. The first kappa shape index (κ1) is 19.9. The summed E-state index contributed by atoms with van der Waals surface area (Å²) in [5, 5.41) is 0. The third-order valence-corrected chi connectivity index (χ3v) is 4.83. The molecule has 1 aromatic heterocycles. The number of ether oxygens (including phenoxy) is 1. The Bertz CT molecular complexity index is 1020. The van der Waals surface area contributed by atoms with E-state index in [1.807, 2.05) is 48.7 Å². The molecule has 1 N–H and O–H groups in total. The Morgan fingerprint density at radius 2 is 1.43 bits per heavy atom. The van der Waals surface area contributed by atoms with Gasteiger partial charge in [0.05, 0.1) is 6.54 Å². The molecule has 0 fully saturated rings. The normalized spacial score (nSPS) is 11.0. The summed E-state index contributed by atoms with van der Waals surface area (Å²) in [7, 11) is 0. The van der Waals surface area contributed by atoms with Crippen molar-refractivity contribution in [1.82, 2.24) is 14.9 Å². The van der Waals surface area contributed by atoms with Crippen LogP contribution in [0.25, 0.3) is 0 Å². The molecule has 4 aromatic rings. The third kappa shape index (κ3) is 5.78. The van der Waals surface area contributed by atoms with Crippen LogP contribution in [-0.2, 0) is 26.2 Å². The maximum Gasteiger partial charge on any atom is 0.123 e. The minimum atomic E-state index is -0.220. The Hall–Kier alpha value is -3.44. The Balaban J connectivity index is 1.40. The van der Waals surface area contributed by atoms with Gasteiger partial charge in [-0.05, 0) is 41.0 Å². The maximum absolute atomic E-state index is 13.2. The molecule has 4 nitrogen and oxygen atoms in total. The second-order valence-electron chi connectivity index (χ2n) is 7.23. The van der Waals surface area contributed by atoms with Crippen LogP contribution in [0.5, 0.6) is 5.75 Å². The summed E-state index contributed by atoms with van der Waals surface area (Å²) in [6, 6.07) is 24.9. The molecule has 0 aliphatic rings. The first-order valence-corrected chi connectivity index (χ1v) is 9.95. The fraction of sp³-hybridized carbons (Fsp3) is 0.160. The van der Waals surface area contributed by atoms with Crippen molar-refractivity contribution in [2.24, 2.45) is 0 Å². The fourth-order valence-electron chi connectivity index (χ4n) is 3.30. The molecule has 0 radical (unpaired) electrons. The first-order chi connectivity index (χ1) is 14.7. The average Bonchev–Trinajstić information content (AvgIpc) is 3.29. The summed E-state index contributed by atoms with van der Waals surface area (Å²) in [6.07, 6.45) is 3.58. The van der Waals surface area contributed by atoms with Gasteiger partial charge in [0.15, 0.2) is 0 Å². The molecule has 0 bridgehead atoms. The van der Waals surface area contributed by atoms with Crippen LogP contribution in [0.1, 0.15) is 22.5 Å². The Morgan fingerprint density at radius 1 is 0.767 bits per heavy atom. The van der Waals surface area contributed by atoms with Crippen molar-refractivity contribution in [2.75, 3.05) is 0 Å². The number of hydrogen-bond acceptors (Lipinski definition) is 3. The number of hydrogen-bond donors (Lipinski definition) is 1. The molecule has 1 heterocycles. The molecule has 0 saturated carbocycles. The van der Waals surface area contributed by atoms with Crippen LogP contribution < -0.4 is 4.74 Å². The Labute approximate surface area is 176 Å². The molecule has 4 rings (SSSR count). The zero-order chi connectivity index (χ0) is 20.6. The van der Waals surface area contributed by atoms with Crippen molar-refractivity contribution in [3.8, 4) is 5.75 Å². The number of H-pyrrole nitrogens is 1. The maximum atomic E-state index is 13.2. The van der Waals surface area contributed by atoms with Gasteiger partial charge in [-0.15, -0.1) is 0 Å². The molecule has 0 aliphatic carbocycles. The largest absolute Gasteiger partial charge is 0.489 e. The van der Waals surface area contributed by atoms with E-state index in [-0.39, 0.29) is 5.82 Å². The SMILES string of the molecule is Fc1ccc(CN(Cc2ccc(OCc3ccccc3)cc2)Cc2ncc[nH]2)cc1. The second kappa shape index (κ2) is 9.85. The predicted molar refractivity (Wildman–Crippen MR) is 115 cm³/mol. The van der Waals surface area contributed by atoms with E-state index in [0.29, 0.717) is 19.7 Å². The second-order valence-corrected chi connectivity index (χ2v) is 7.23. The number of aromatic nitrogens is 2.